The largest absolute Gasteiger partial charge is 0.497 e. The molecule has 1 amide bonds. The van der Waals surface area contributed by atoms with Crippen molar-refractivity contribution in [2.24, 2.45) is 0 Å². The van der Waals surface area contributed by atoms with Crippen LogP contribution in [0.2, 0.25) is 0 Å². The summed E-state index contributed by atoms with van der Waals surface area (Å²) in [6, 6.07) is 11.6. The van der Waals surface area contributed by atoms with Crippen molar-refractivity contribution < 1.29 is 18.7 Å². The molecule has 0 unspecified atom stereocenters. The number of ether oxygens (including phenoxy) is 2. The lowest BCUT2D eigenvalue weighted by Crippen LogP contribution is -2.23. The Morgan fingerprint density at radius 3 is 2.72 bits per heavy atom. The first-order valence-electron chi connectivity index (χ1n) is 8.74. The van der Waals surface area contributed by atoms with Crippen LogP contribution in [0.25, 0.3) is 10.8 Å². The highest BCUT2D eigenvalue weighted by molar-refractivity contribution is 7.13. The molecule has 0 aliphatic rings. The minimum absolute atomic E-state index is 0.103. The number of nitrogens with zero attached hydrogens (tertiary/aromatic N) is 2. The van der Waals surface area contributed by atoms with Crippen LogP contribution in [-0.2, 0) is 13.2 Å². The number of hydrogen-bond donors (Lipinski definition) is 2. The Bertz CT molecular complexity index is 1150. The predicted molar refractivity (Wildman–Crippen MR) is 109 cm³/mol. The van der Waals surface area contributed by atoms with Gasteiger partial charge in [-0.25, -0.2) is 9.97 Å². The van der Waals surface area contributed by atoms with Gasteiger partial charge in [-0.15, -0.1) is 11.3 Å². The van der Waals surface area contributed by atoms with E-state index in [0.29, 0.717) is 22.5 Å². The number of thiazole rings is 1. The number of anilines is 1. The Kier molecular flexibility index (Phi) is 5.30. The van der Waals surface area contributed by atoms with E-state index in [1.165, 1.54) is 17.6 Å². The molecule has 0 saturated heterocycles. The topological polar surface area (TPSA) is 112 Å². The first-order chi connectivity index (χ1) is 14.1. The van der Waals surface area contributed by atoms with Gasteiger partial charge >= 0.3 is 0 Å². The van der Waals surface area contributed by atoms with Crippen LogP contribution in [0.1, 0.15) is 22.1 Å². The van der Waals surface area contributed by atoms with Gasteiger partial charge < -0.3 is 24.9 Å². The number of hydrogen-bond acceptors (Lipinski definition) is 8. The smallest absolute Gasteiger partial charge is 0.273 e. The third-order valence-corrected chi connectivity index (χ3v) is 4.89. The van der Waals surface area contributed by atoms with E-state index < -0.39 is 0 Å². The average molecular weight is 410 g/mol. The molecule has 0 saturated carbocycles. The van der Waals surface area contributed by atoms with Gasteiger partial charge in [-0.05, 0) is 35.0 Å². The molecule has 9 heteroatoms. The summed E-state index contributed by atoms with van der Waals surface area (Å²) in [5, 5.41) is 7.05. The van der Waals surface area contributed by atoms with Crippen LogP contribution in [0.15, 0.2) is 52.5 Å². The van der Waals surface area contributed by atoms with Crippen LogP contribution < -0.4 is 20.5 Å². The summed E-state index contributed by atoms with van der Waals surface area (Å²) in [6.07, 6.45) is 1.30. The number of amides is 1. The fraction of sp³-hybridized carbons (Fsp3) is 0.150. The molecule has 0 aliphatic carbocycles. The second-order valence-corrected chi connectivity index (χ2v) is 7.04. The van der Waals surface area contributed by atoms with Crippen molar-refractivity contribution in [2.75, 3.05) is 12.8 Å². The number of methoxy groups -OCH3 is 1. The lowest BCUT2D eigenvalue weighted by molar-refractivity contribution is 0.0945. The molecule has 0 bridgehead atoms. The molecule has 3 N–H and O–H groups in total. The molecule has 0 aliphatic heterocycles. The molecule has 29 heavy (non-hydrogen) atoms. The maximum Gasteiger partial charge on any atom is 0.273 e. The highest BCUT2D eigenvalue weighted by atomic mass is 32.1. The van der Waals surface area contributed by atoms with Crippen LogP contribution in [0.5, 0.6) is 11.5 Å². The van der Waals surface area contributed by atoms with Crippen molar-refractivity contribution in [2.45, 2.75) is 13.2 Å². The van der Waals surface area contributed by atoms with E-state index in [9.17, 15) is 4.79 Å². The molecule has 2 heterocycles. The van der Waals surface area contributed by atoms with E-state index in [4.69, 9.17) is 19.6 Å². The minimum atomic E-state index is -0.357. The van der Waals surface area contributed by atoms with Crippen molar-refractivity contribution in [3.05, 3.63) is 65.3 Å². The zero-order chi connectivity index (χ0) is 20.2. The Morgan fingerprint density at radius 2 is 1.97 bits per heavy atom. The van der Waals surface area contributed by atoms with Gasteiger partial charge in [0.15, 0.2) is 17.4 Å². The molecule has 4 aromatic rings. The number of nitrogen functional groups attached to an aromatic ring is 1. The van der Waals surface area contributed by atoms with Crippen molar-refractivity contribution >= 4 is 33.1 Å². The predicted octanol–water partition coefficient (Wildman–Crippen LogP) is 3.38. The van der Waals surface area contributed by atoms with Gasteiger partial charge in [0, 0.05) is 5.38 Å². The summed E-state index contributed by atoms with van der Waals surface area (Å²) in [5.41, 5.74) is 6.44. The van der Waals surface area contributed by atoms with E-state index in [1.54, 1.807) is 12.5 Å². The fourth-order valence-electron chi connectivity index (χ4n) is 2.71. The number of benzene rings is 2. The van der Waals surface area contributed by atoms with E-state index in [0.717, 1.165) is 16.5 Å². The normalized spacial score (nSPS) is 10.8. The maximum absolute atomic E-state index is 12.2. The number of carbonyl (C=O) groups is 1. The third kappa shape index (κ3) is 4.46. The maximum atomic E-state index is 12.2. The van der Waals surface area contributed by atoms with E-state index >= 15 is 0 Å². The highest BCUT2D eigenvalue weighted by Crippen LogP contribution is 2.25. The number of fused-ring (bicyclic) bond motifs is 1. The summed E-state index contributed by atoms with van der Waals surface area (Å²) in [7, 11) is 1.63. The minimum Gasteiger partial charge on any atom is -0.497 e. The summed E-state index contributed by atoms with van der Waals surface area (Å²) in [5.74, 6) is 1.39. The third-order valence-electron chi connectivity index (χ3n) is 4.17. The molecule has 2 aromatic heterocycles. The number of nitrogens with one attached hydrogen (secondary N) is 1. The van der Waals surface area contributed by atoms with Gasteiger partial charge in [0.25, 0.3) is 5.91 Å². The van der Waals surface area contributed by atoms with Crippen molar-refractivity contribution in [1.82, 2.24) is 15.3 Å². The molecule has 0 radical (unpaired) electrons. The van der Waals surface area contributed by atoms with E-state index in [2.05, 4.69) is 15.3 Å². The lowest BCUT2D eigenvalue weighted by atomic mass is 10.1. The number of rotatable bonds is 7. The molecular weight excluding hydrogens is 392 g/mol. The van der Waals surface area contributed by atoms with Gasteiger partial charge in [-0.3, -0.25) is 4.79 Å². The molecule has 4 rings (SSSR count). The SMILES string of the molecule is COc1ccc2ccc(OCc3nc(C(=O)NCc4csc(N)n4)co3)cc2c1. The average Bonchev–Trinajstić information content (AvgIpc) is 3.39. The van der Waals surface area contributed by atoms with Crippen LogP contribution in [0, 0.1) is 0 Å². The van der Waals surface area contributed by atoms with E-state index in [1.807, 2.05) is 36.4 Å². The molecular formula is C20H18N4O4S. The first kappa shape index (κ1) is 18.8. The standard InChI is InChI=1S/C20H18N4O4S/c1-26-15-4-2-12-3-5-16(7-13(12)6-15)27-10-18-24-17(9-28-18)19(25)22-8-14-11-29-20(21)23-14/h2-7,9,11H,8,10H2,1H3,(H2,21,23)(H,22,25). The quantitative estimate of drug-likeness (QED) is 0.480. The Balaban J connectivity index is 1.36. The number of oxazole rings is 1. The summed E-state index contributed by atoms with van der Waals surface area (Å²) in [6.45, 7) is 0.372. The van der Waals surface area contributed by atoms with Gasteiger partial charge in [0.2, 0.25) is 5.89 Å². The van der Waals surface area contributed by atoms with Crippen LogP contribution in [0.3, 0.4) is 0 Å². The van der Waals surface area contributed by atoms with Gasteiger partial charge in [0.1, 0.15) is 17.8 Å². The van der Waals surface area contributed by atoms with Crippen LogP contribution >= 0.6 is 11.3 Å². The van der Waals surface area contributed by atoms with Gasteiger partial charge in [-0.2, -0.15) is 0 Å². The van der Waals surface area contributed by atoms with E-state index in [-0.39, 0.29) is 24.8 Å². The van der Waals surface area contributed by atoms with Crippen molar-refractivity contribution in [1.29, 1.82) is 0 Å². The molecule has 8 nitrogen and oxygen atoms in total. The zero-order valence-corrected chi connectivity index (χ0v) is 16.4. The summed E-state index contributed by atoms with van der Waals surface area (Å²) in [4.78, 5) is 20.4. The molecule has 0 spiro atoms. The summed E-state index contributed by atoms with van der Waals surface area (Å²) < 4.78 is 16.3. The van der Waals surface area contributed by atoms with Crippen LogP contribution in [-0.4, -0.2) is 23.0 Å². The molecule has 0 atom stereocenters. The fourth-order valence-corrected chi connectivity index (χ4v) is 3.27. The van der Waals surface area contributed by atoms with Crippen LogP contribution in [0.4, 0.5) is 5.13 Å². The van der Waals surface area contributed by atoms with Crippen molar-refractivity contribution in [3.8, 4) is 11.5 Å². The Morgan fingerprint density at radius 1 is 1.17 bits per heavy atom. The van der Waals surface area contributed by atoms with Gasteiger partial charge in [-0.1, -0.05) is 12.1 Å². The molecule has 148 valence electrons. The Hall–Kier alpha value is -3.59. The van der Waals surface area contributed by atoms with Crippen molar-refractivity contribution in [3.63, 3.8) is 0 Å². The second-order valence-electron chi connectivity index (χ2n) is 6.15. The number of aromatic nitrogens is 2. The monoisotopic (exact) mass is 410 g/mol. The molecule has 2 aromatic carbocycles. The second kappa shape index (κ2) is 8.19. The number of nitrogens with two attached hydrogens (primary N) is 1. The zero-order valence-electron chi connectivity index (χ0n) is 15.5. The lowest BCUT2D eigenvalue weighted by Gasteiger charge is -2.06. The highest BCUT2D eigenvalue weighted by Gasteiger charge is 2.13. The first-order valence-corrected chi connectivity index (χ1v) is 9.62. The molecule has 0 fully saturated rings. The summed E-state index contributed by atoms with van der Waals surface area (Å²) >= 11 is 1.32. The Labute approximate surface area is 170 Å². The van der Waals surface area contributed by atoms with Gasteiger partial charge in [0.05, 0.1) is 19.3 Å². The number of carbonyl (C=O) groups excluding carboxylic acids is 1.